The van der Waals surface area contributed by atoms with Crippen LogP contribution < -0.4 is 5.32 Å². The number of hydrogen-bond acceptors (Lipinski definition) is 4. The first-order chi connectivity index (χ1) is 10.1. The van der Waals surface area contributed by atoms with Crippen LogP contribution in [0.15, 0.2) is 35.5 Å². The first-order valence-corrected chi connectivity index (χ1v) is 7.29. The molecule has 2 unspecified atom stereocenters. The number of aliphatic hydroxyl groups excluding tert-OH is 1. The summed E-state index contributed by atoms with van der Waals surface area (Å²) in [7, 11) is 0. The van der Waals surface area contributed by atoms with Gasteiger partial charge in [0.2, 0.25) is 6.10 Å². The fraction of sp³-hybridized carbons (Fsp3) is 0.500. The molecule has 0 radical (unpaired) electrons. The maximum absolute atomic E-state index is 12.2. The predicted octanol–water partition coefficient (Wildman–Crippen LogP) is 1.70. The van der Waals surface area contributed by atoms with Crippen LogP contribution in [0.5, 0.6) is 0 Å². The van der Waals surface area contributed by atoms with E-state index in [0.29, 0.717) is 12.3 Å². The number of carbonyl (C=O) groups is 1. The van der Waals surface area contributed by atoms with Crippen molar-refractivity contribution in [3.05, 3.63) is 35.9 Å². The van der Waals surface area contributed by atoms with E-state index in [-0.39, 0.29) is 18.6 Å². The summed E-state index contributed by atoms with van der Waals surface area (Å²) in [6.45, 7) is 4.04. The summed E-state index contributed by atoms with van der Waals surface area (Å²) in [5, 5.41) is 16.1. The molecular formula is C16H22N2O3. The van der Waals surface area contributed by atoms with Crippen molar-refractivity contribution in [3.63, 3.8) is 0 Å². The van der Waals surface area contributed by atoms with E-state index in [9.17, 15) is 9.90 Å². The van der Waals surface area contributed by atoms with Gasteiger partial charge in [0, 0.05) is 6.42 Å². The van der Waals surface area contributed by atoms with Crippen LogP contribution in [-0.4, -0.2) is 35.5 Å². The molecule has 1 aromatic carbocycles. The Morgan fingerprint density at radius 3 is 2.76 bits per heavy atom. The van der Waals surface area contributed by atoms with Crippen molar-refractivity contribution in [2.75, 3.05) is 6.61 Å². The normalized spacial score (nSPS) is 19.0. The number of oxime groups is 1. The number of benzene rings is 1. The van der Waals surface area contributed by atoms with Gasteiger partial charge in [-0.15, -0.1) is 0 Å². The first-order valence-electron chi connectivity index (χ1n) is 7.29. The number of hydrogen-bond donors (Lipinski definition) is 2. The molecule has 1 aliphatic rings. The van der Waals surface area contributed by atoms with Gasteiger partial charge >= 0.3 is 0 Å². The zero-order valence-corrected chi connectivity index (χ0v) is 12.5. The third-order valence-electron chi connectivity index (χ3n) is 3.39. The van der Waals surface area contributed by atoms with E-state index < -0.39 is 6.10 Å². The minimum Gasteiger partial charge on any atom is -0.394 e. The van der Waals surface area contributed by atoms with E-state index in [0.717, 1.165) is 17.7 Å². The smallest absolute Gasteiger partial charge is 0.264 e. The van der Waals surface area contributed by atoms with E-state index in [1.165, 1.54) is 0 Å². The molecule has 0 fully saturated rings. The topological polar surface area (TPSA) is 70.9 Å². The van der Waals surface area contributed by atoms with Crippen LogP contribution in [-0.2, 0) is 9.63 Å². The highest BCUT2D eigenvalue weighted by molar-refractivity contribution is 6.04. The van der Waals surface area contributed by atoms with Gasteiger partial charge in [0.15, 0.2) is 0 Å². The van der Waals surface area contributed by atoms with Crippen LogP contribution in [0.4, 0.5) is 0 Å². The van der Waals surface area contributed by atoms with Crippen LogP contribution in [0, 0.1) is 5.92 Å². The number of amides is 1. The van der Waals surface area contributed by atoms with Gasteiger partial charge in [-0.3, -0.25) is 4.79 Å². The van der Waals surface area contributed by atoms with Crippen molar-refractivity contribution in [2.45, 2.75) is 38.8 Å². The van der Waals surface area contributed by atoms with E-state index in [1.807, 2.05) is 30.3 Å². The van der Waals surface area contributed by atoms with E-state index >= 15 is 0 Å². The fourth-order valence-corrected chi connectivity index (χ4v) is 2.36. The lowest BCUT2D eigenvalue weighted by molar-refractivity contribution is -0.132. The number of nitrogens with zero attached hydrogens (tertiary/aromatic N) is 1. The zero-order valence-electron chi connectivity index (χ0n) is 12.5. The van der Waals surface area contributed by atoms with Gasteiger partial charge in [-0.05, 0) is 17.9 Å². The highest BCUT2D eigenvalue weighted by Gasteiger charge is 2.30. The summed E-state index contributed by atoms with van der Waals surface area (Å²) in [5.41, 5.74) is 1.74. The van der Waals surface area contributed by atoms with Crippen molar-refractivity contribution in [2.24, 2.45) is 11.1 Å². The zero-order chi connectivity index (χ0) is 15.2. The molecule has 0 bridgehead atoms. The highest BCUT2D eigenvalue weighted by Crippen LogP contribution is 2.17. The molecule has 5 nitrogen and oxygen atoms in total. The van der Waals surface area contributed by atoms with Gasteiger partial charge < -0.3 is 15.3 Å². The maximum atomic E-state index is 12.2. The molecule has 1 aliphatic heterocycles. The van der Waals surface area contributed by atoms with Crippen LogP contribution in [0.2, 0.25) is 0 Å². The van der Waals surface area contributed by atoms with Gasteiger partial charge in [-0.1, -0.05) is 49.3 Å². The van der Waals surface area contributed by atoms with Crippen LogP contribution >= 0.6 is 0 Å². The van der Waals surface area contributed by atoms with Crippen LogP contribution in [0.1, 0.15) is 32.3 Å². The third-order valence-corrected chi connectivity index (χ3v) is 3.39. The Morgan fingerprint density at radius 2 is 2.14 bits per heavy atom. The molecule has 0 saturated carbocycles. The average molecular weight is 290 g/mol. The molecule has 5 heteroatoms. The number of aliphatic hydroxyl groups is 1. The third kappa shape index (κ3) is 4.29. The minimum absolute atomic E-state index is 0.0664. The molecule has 21 heavy (non-hydrogen) atoms. The number of rotatable bonds is 6. The second-order valence-corrected chi connectivity index (χ2v) is 5.72. The highest BCUT2D eigenvalue weighted by atomic mass is 16.6. The Hall–Kier alpha value is -1.88. The van der Waals surface area contributed by atoms with Crippen molar-refractivity contribution in [1.82, 2.24) is 5.32 Å². The second kappa shape index (κ2) is 7.22. The Labute approximate surface area is 125 Å². The van der Waals surface area contributed by atoms with Gasteiger partial charge in [0.05, 0.1) is 18.4 Å². The Bertz CT molecular complexity index is 500. The molecule has 2 rings (SSSR count). The van der Waals surface area contributed by atoms with E-state index in [2.05, 4.69) is 24.3 Å². The lowest BCUT2D eigenvalue weighted by atomic mass is 10.0. The Morgan fingerprint density at radius 1 is 1.43 bits per heavy atom. The molecule has 114 valence electrons. The van der Waals surface area contributed by atoms with Crippen molar-refractivity contribution in [1.29, 1.82) is 0 Å². The van der Waals surface area contributed by atoms with E-state index in [4.69, 9.17) is 4.84 Å². The Kier molecular flexibility index (Phi) is 5.33. The molecule has 2 atom stereocenters. The van der Waals surface area contributed by atoms with Crippen LogP contribution in [0.25, 0.3) is 0 Å². The van der Waals surface area contributed by atoms with Gasteiger partial charge in [-0.25, -0.2) is 0 Å². The summed E-state index contributed by atoms with van der Waals surface area (Å²) >= 11 is 0. The molecule has 1 aromatic rings. The van der Waals surface area contributed by atoms with Gasteiger partial charge in [0.25, 0.3) is 5.91 Å². The van der Waals surface area contributed by atoms with Crippen molar-refractivity contribution in [3.8, 4) is 0 Å². The summed E-state index contributed by atoms with van der Waals surface area (Å²) in [4.78, 5) is 17.4. The summed E-state index contributed by atoms with van der Waals surface area (Å²) in [6.07, 6.45) is 0.582. The molecule has 1 amide bonds. The summed E-state index contributed by atoms with van der Waals surface area (Å²) in [6, 6.07) is 9.43. The summed E-state index contributed by atoms with van der Waals surface area (Å²) in [5.74, 6) is 0.187. The number of nitrogens with one attached hydrogen (secondary N) is 1. The minimum atomic E-state index is -0.610. The van der Waals surface area contributed by atoms with Gasteiger partial charge in [0.1, 0.15) is 0 Å². The lowest BCUT2D eigenvalue weighted by Crippen LogP contribution is -2.43. The fourth-order valence-electron chi connectivity index (χ4n) is 2.36. The lowest BCUT2D eigenvalue weighted by Gasteiger charge is -2.19. The van der Waals surface area contributed by atoms with E-state index in [1.54, 1.807) is 0 Å². The molecule has 0 aliphatic carbocycles. The Balaban J connectivity index is 1.89. The maximum Gasteiger partial charge on any atom is 0.264 e. The second-order valence-electron chi connectivity index (χ2n) is 5.72. The molecule has 2 N–H and O–H groups in total. The van der Waals surface area contributed by atoms with Crippen molar-refractivity contribution < 1.29 is 14.7 Å². The quantitative estimate of drug-likeness (QED) is 0.837. The largest absolute Gasteiger partial charge is 0.394 e. The monoisotopic (exact) mass is 290 g/mol. The SMILES string of the molecule is CC(C)CC(CO)NC(=O)C1CC(c2ccccc2)=NO1. The molecular weight excluding hydrogens is 268 g/mol. The average Bonchev–Trinajstić information content (AvgIpc) is 2.97. The first kappa shape index (κ1) is 15.5. The molecule has 0 aromatic heterocycles. The molecule has 1 heterocycles. The van der Waals surface area contributed by atoms with Crippen LogP contribution in [0.3, 0.4) is 0 Å². The predicted molar refractivity (Wildman–Crippen MR) is 80.9 cm³/mol. The summed E-state index contributed by atoms with van der Waals surface area (Å²) < 4.78 is 0. The molecule has 0 saturated heterocycles. The number of carbonyl (C=O) groups excluding carboxylic acids is 1. The molecule has 0 spiro atoms. The van der Waals surface area contributed by atoms with Gasteiger partial charge in [-0.2, -0.15) is 0 Å². The standard InChI is InChI=1S/C16H22N2O3/c1-11(2)8-13(10-19)17-16(20)15-9-14(18-21-15)12-6-4-3-5-7-12/h3-7,11,13,15,19H,8-10H2,1-2H3,(H,17,20). The van der Waals surface area contributed by atoms with Crippen molar-refractivity contribution >= 4 is 11.6 Å².